The molecule has 6 heteroatoms. The molecule has 0 bridgehead atoms. The lowest BCUT2D eigenvalue weighted by atomic mass is 10.2. The molecule has 86 valence electrons. The van der Waals surface area contributed by atoms with E-state index in [9.17, 15) is 9.59 Å². The number of carboxylic acids is 1. The molecule has 0 saturated carbocycles. The van der Waals surface area contributed by atoms with Crippen molar-refractivity contribution < 1.29 is 14.7 Å². The minimum atomic E-state index is -0.955. The summed E-state index contributed by atoms with van der Waals surface area (Å²) in [6, 6.07) is 1.16. The molecular weight excluding hydrogens is 210 g/mol. The van der Waals surface area contributed by atoms with Crippen LogP contribution >= 0.6 is 0 Å². The predicted molar refractivity (Wildman–Crippen MR) is 56.0 cm³/mol. The third kappa shape index (κ3) is 3.64. The van der Waals surface area contributed by atoms with Gasteiger partial charge in [-0.3, -0.25) is 9.59 Å². The van der Waals surface area contributed by atoms with Crippen molar-refractivity contribution >= 4 is 11.9 Å². The van der Waals surface area contributed by atoms with Crippen LogP contribution < -0.4 is 5.32 Å². The summed E-state index contributed by atoms with van der Waals surface area (Å²) in [5.74, 6) is -1.37. The second-order valence-corrected chi connectivity index (χ2v) is 3.59. The fourth-order valence-corrected chi connectivity index (χ4v) is 1.19. The van der Waals surface area contributed by atoms with Crippen LogP contribution in [0.5, 0.6) is 0 Å². The van der Waals surface area contributed by atoms with E-state index in [0.29, 0.717) is 0 Å². The summed E-state index contributed by atoms with van der Waals surface area (Å²) in [7, 11) is 0. The molecule has 0 aromatic carbocycles. The van der Waals surface area contributed by atoms with E-state index >= 15 is 0 Å². The second-order valence-electron chi connectivity index (χ2n) is 3.59. The minimum Gasteiger partial charge on any atom is -0.481 e. The summed E-state index contributed by atoms with van der Waals surface area (Å²) >= 11 is 0. The molecule has 0 radical (unpaired) electrons. The van der Waals surface area contributed by atoms with Crippen LogP contribution in [0, 0.1) is 6.92 Å². The van der Waals surface area contributed by atoms with Crippen LogP contribution in [0.3, 0.4) is 0 Å². The molecule has 0 aliphatic carbocycles. The van der Waals surface area contributed by atoms with E-state index in [1.165, 1.54) is 6.20 Å². The van der Waals surface area contributed by atoms with Gasteiger partial charge in [-0.05, 0) is 25.5 Å². The molecule has 0 fully saturated rings. The molecule has 1 amide bonds. The van der Waals surface area contributed by atoms with Crippen molar-refractivity contribution in [3.05, 3.63) is 23.5 Å². The number of aryl methyl sites for hydroxylation is 1. The molecular formula is C10H13N3O3. The van der Waals surface area contributed by atoms with Gasteiger partial charge in [0.15, 0.2) is 5.69 Å². The number of nitrogens with zero attached hydrogens (tertiary/aromatic N) is 2. The highest BCUT2D eigenvalue weighted by molar-refractivity contribution is 5.92. The molecule has 6 nitrogen and oxygen atoms in total. The van der Waals surface area contributed by atoms with Gasteiger partial charge in [-0.25, -0.2) is 0 Å². The highest BCUT2D eigenvalue weighted by atomic mass is 16.4. The first-order chi connectivity index (χ1) is 7.49. The van der Waals surface area contributed by atoms with Gasteiger partial charge in [0.1, 0.15) is 0 Å². The van der Waals surface area contributed by atoms with Crippen LogP contribution in [0.1, 0.15) is 29.4 Å². The van der Waals surface area contributed by atoms with Crippen molar-refractivity contribution in [2.24, 2.45) is 0 Å². The van der Waals surface area contributed by atoms with E-state index in [4.69, 9.17) is 5.11 Å². The molecule has 1 unspecified atom stereocenters. The number of aromatic nitrogens is 2. The lowest BCUT2D eigenvalue weighted by molar-refractivity contribution is -0.137. The fraction of sp³-hybridized carbons (Fsp3) is 0.400. The lowest BCUT2D eigenvalue weighted by Gasteiger charge is -2.10. The number of hydrogen-bond donors (Lipinski definition) is 2. The third-order valence-electron chi connectivity index (χ3n) is 1.88. The average Bonchev–Trinajstić information content (AvgIpc) is 2.16. The molecule has 1 heterocycles. The fourth-order valence-electron chi connectivity index (χ4n) is 1.19. The van der Waals surface area contributed by atoms with E-state index < -0.39 is 17.9 Å². The van der Waals surface area contributed by atoms with Crippen molar-refractivity contribution in [1.29, 1.82) is 0 Å². The summed E-state index contributed by atoms with van der Waals surface area (Å²) in [4.78, 5) is 22.0. The zero-order valence-corrected chi connectivity index (χ0v) is 9.10. The van der Waals surface area contributed by atoms with Crippen molar-refractivity contribution in [2.75, 3.05) is 0 Å². The smallest absolute Gasteiger partial charge is 0.305 e. The van der Waals surface area contributed by atoms with Crippen LogP contribution in [-0.2, 0) is 4.79 Å². The molecule has 0 aliphatic rings. The molecule has 1 atom stereocenters. The monoisotopic (exact) mass is 223 g/mol. The number of hydrogen-bond acceptors (Lipinski definition) is 4. The Hall–Kier alpha value is -1.98. The maximum atomic E-state index is 11.6. The Morgan fingerprint density at radius 3 is 2.81 bits per heavy atom. The van der Waals surface area contributed by atoms with Gasteiger partial charge in [0.05, 0.1) is 12.6 Å². The summed E-state index contributed by atoms with van der Waals surface area (Å²) in [6.07, 6.45) is 1.42. The molecule has 2 N–H and O–H groups in total. The summed E-state index contributed by atoms with van der Waals surface area (Å²) in [5, 5.41) is 18.4. The zero-order valence-electron chi connectivity index (χ0n) is 9.10. The second kappa shape index (κ2) is 5.20. The van der Waals surface area contributed by atoms with Crippen LogP contribution in [0.2, 0.25) is 0 Å². The number of rotatable bonds is 4. The summed E-state index contributed by atoms with van der Waals surface area (Å²) < 4.78 is 0. The van der Waals surface area contributed by atoms with Gasteiger partial charge in [0.25, 0.3) is 5.91 Å². The van der Waals surface area contributed by atoms with Crippen LogP contribution in [0.25, 0.3) is 0 Å². The number of carbonyl (C=O) groups is 2. The first-order valence-corrected chi connectivity index (χ1v) is 4.81. The zero-order chi connectivity index (χ0) is 12.1. The Morgan fingerprint density at radius 1 is 1.56 bits per heavy atom. The number of aliphatic carboxylic acids is 1. The van der Waals surface area contributed by atoms with Crippen molar-refractivity contribution in [1.82, 2.24) is 15.5 Å². The van der Waals surface area contributed by atoms with Crippen LogP contribution in [0.15, 0.2) is 12.3 Å². The quantitative estimate of drug-likeness (QED) is 0.769. The van der Waals surface area contributed by atoms with Crippen LogP contribution in [-0.4, -0.2) is 33.2 Å². The Balaban J connectivity index is 2.62. The molecule has 0 saturated heterocycles. The Bertz CT molecular complexity index is 406. The molecule has 0 aliphatic heterocycles. The number of carbonyl (C=O) groups excluding carboxylic acids is 1. The highest BCUT2D eigenvalue weighted by Gasteiger charge is 2.13. The maximum absolute atomic E-state index is 11.6. The molecule has 1 aromatic heterocycles. The summed E-state index contributed by atoms with van der Waals surface area (Å²) in [5.41, 5.74) is 1.02. The van der Waals surface area contributed by atoms with Gasteiger partial charge in [0.2, 0.25) is 0 Å². The highest BCUT2D eigenvalue weighted by Crippen LogP contribution is 1.99. The maximum Gasteiger partial charge on any atom is 0.305 e. The Labute approximate surface area is 92.7 Å². The van der Waals surface area contributed by atoms with E-state index in [1.807, 2.05) is 0 Å². The van der Waals surface area contributed by atoms with E-state index in [-0.39, 0.29) is 12.1 Å². The van der Waals surface area contributed by atoms with Gasteiger partial charge < -0.3 is 10.4 Å². The SMILES string of the molecule is Cc1cnnc(C(=O)NC(C)CC(=O)O)c1. The Kier molecular flexibility index (Phi) is 3.93. The van der Waals surface area contributed by atoms with E-state index in [2.05, 4.69) is 15.5 Å². The van der Waals surface area contributed by atoms with Gasteiger partial charge >= 0.3 is 5.97 Å². The standard InChI is InChI=1S/C10H13N3O3/c1-6-3-8(13-11-5-6)10(16)12-7(2)4-9(14)15/h3,5,7H,4H2,1-2H3,(H,12,16)(H,14,15). The first-order valence-electron chi connectivity index (χ1n) is 4.81. The largest absolute Gasteiger partial charge is 0.481 e. The topological polar surface area (TPSA) is 92.2 Å². The lowest BCUT2D eigenvalue weighted by Crippen LogP contribution is -2.34. The van der Waals surface area contributed by atoms with Gasteiger partial charge in [-0.1, -0.05) is 0 Å². The van der Waals surface area contributed by atoms with Crippen molar-refractivity contribution in [3.8, 4) is 0 Å². The first kappa shape index (κ1) is 12.1. The predicted octanol–water partition coefficient (Wildman–Crippen LogP) is 0.378. The van der Waals surface area contributed by atoms with Crippen molar-refractivity contribution in [2.45, 2.75) is 26.3 Å². The van der Waals surface area contributed by atoms with E-state index in [0.717, 1.165) is 5.56 Å². The van der Waals surface area contributed by atoms with Gasteiger partial charge in [-0.2, -0.15) is 5.10 Å². The summed E-state index contributed by atoms with van der Waals surface area (Å²) in [6.45, 7) is 3.42. The number of carboxylic acid groups (broad SMARTS) is 1. The molecule has 0 spiro atoms. The van der Waals surface area contributed by atoms with Crippen molar-refractivity contribution in [3.63, 3.8) is 0 Å². The number of amides is 1. The van der Waals surface area contributed by atoms with Gasteiger partial charge in [0, 0.05) is 6.04 Å². The number of nitrogens with one attached hydrogen (secondary N) is 1. The minimum absolute atomic E-state index is 0.120. The van der Waals surface area contributed by atoms with Gasteiger partial charge in [-0.15, -0.1) is 5.10 Å². The third-order valence-corrected chi connectivity index (χ3v) is 1.88. The average molecular weight is 223 g/mol. The molecule has 1 aromatic rings. The Morgan fingerprint density at radius 2 is 2.25 bits per heavy atom. The molecule has 16 heavy (non-hydrogen) atoms. The van der Waals surface area contributed by atoms with E-state index in [1.54, 1.807) is 19.9 Å². The van der Waals surface area contributed by atoms with Crippen LogP contribution in [0.4, 0.5) is 0 Å². The normalized spacial score (nSPS) is 11.9. The molecule has 1 rings (SSSR count).